The molecule has 2 aliphatic rings. The molecule has 0 spiro atoms. The van der Waals surface area contributed by atoms with Crippen LogP contribution in [-0.4, -0.2) is 0 Å². The molecule has 88 valence electrons. The molecule has 0 aliphatic heterocycles. The summed E-state index contributed by atoms with van der Waals surface area (Å²) in [4.78, 5) is 0. The molecule has 1 heteroatoms. The molecule has 0 radical (unpaired) electrons. The smallest absolute Gasteiger partial charge is 0 e. The standard InChI is InChI=1S/C17H15.Hf/c1-2-8-14(9-3-1)17(15-10-4-5-11-15)16-12-6-7-13-16;/h1-10,12H,11,13H2;/q-1;. The molecule has 0 atom stereocenters. The Hall–Kier alpha value is -1.08. The zero-order valence-corrected chi connectivity index (χ0v) is 13.9. The normalized spacial score (nSPS) is 16.2. The average Bonchev–Trinajstić information content (AvgIpc) is 3.04. The molecule has 0 fully saturated rings. The minimum Gasteiger partial charge on any atom is -0.118 e. The summed E-state index contributed by atoms with van der Waals surface area (Å²) in [7, 11) is 0. The molecular weight excluding hydrogens is 383 g/mol. The summed E-state index contributed by atoms with van der Waals surface area (Å²) in [6.07, 6.45) is 15.3. The van der Waals surface area contributed by atoms with Crippen molar-refractivity contribution in [3.8, 4) is 0 Å². The second-order valence-corrected chi connectivity index (χ2v) is 4.39. The predicted molar refractivity (Wildman–Crippen MR) is 72.5 cm³/mol. The van der Waals surface area contributed by atoms with E-state index in [9.17, 15) is 0 Å². The third-order valence-corrected chi connectivity index (χ3v) is 3.25. The fraction of sp³-hybridized carbons (Fsp3) is 0.118. The van der Waals surface area contributed by atoms with Crippen LogP contribution in [0.2, 0.25) is 0 Å². The van der Waals surface area contributed by atoms with Gasteiger partial charge in [0.15, 0.2) is 0 Å². The van der Waals surface area contributed by atoms with Crippen molar-refractivity contribution < 1.29 is 25.8 Å². The molecule has 0 nitrogen and oxygen atoms in total. The summed E-state index contributed by atoms with van der Waals surface area (Å²) < 4.78 is 0. The van der Waals surface area contributed by atoms with Crippen LogP contribution in [0.15, 0.2) is 77.9 Å². The van der Waals surface area contributed by atoms with E-state index in [1.807, 2.05) is 0 Å². The molecule has 0 saturated heterocycles. The summed E-state index contributed by atoms with van der Waals surface area (Å²) in [6, 6.07) is 10.7. The fourth-order valence-corrected chi connectivity index (χ4v) is 2.45. The van der Waals surface area contributed by atoms with E-state index in [0.29, 0.717) is 0 Å². The Morgan fingerprint density at radius 1 is 0.778 bits per heavy atom. The van der Waals surface area contributed by atoms with Crippen LogP contribution in [0, 0.1) is 5.92 Å². The molecule has 0 N–H and O–H groups in total. The van der Waals surface area contributed by atoms with Crippen molar-refractivity contribution in [2.75, 3.05) is 0 Å². The van der Waals surface area contributed by atoms with Gasteiger partial charge in [0.2, 0.25) is 0 Å². The van der Waals surface area contributed by atoms with Gasteiger partial charge >= 0.3 is 0 Å². The van der Waals surface area contributed by atoms with Gasteiger partial charge in [-0.25, -0.2) is 0 Å². The maximum Gasteiger partial charge on any atom is 0 e. The molecule has 0 saturated carbocycles. The van der Waals surface area contributed by atoms with Crippen LogP contribution >= 0.6 is 0 Å². The average molecular weight is 398 g/mol. The molecule has 0 unspecified atom stereocenters. The van der Waals surface area contributed by atoms with Crippen LogP contribution in [0.5, 0.6) is 0 Å². The fourth-order valence-electron chi connectivity index (χ4n) is 2.45. The molecular formula is C17H15Hf-. The molecule has 0 bridgehead atoms. The molecule has 18 heavy (non-hydrogen) atoms. The number of allylic oxidation sites excluding steroid dienone is 8. The van der Waals surface area contributed by atoms with E-state index in [1.54, 1.807) is 0 Å². The van der Waals surface area contributed by atoms with Gasteiger partial charge in [-0.1, -0.05) is 48.4 Å². The second kappa shape index (κ2) is 6.19. The number of hydrogen-bond acceptors (Lipinski definition) is 0. The molecule has 2 aliphatic carbocycles. The first-order valence-electron chi connectivity index (χ1n) is 6.09. The van der Waals surface area contributed by atoms with Gasteiger partial charge in [0, 0.05) is 25.8 Å². The van der Waals surface area contributed by atoms with E-state index in [1.165, 1.54) is 22.6 Å². The predicted octanol–water partition coefficient (Wildman–Crippen LogP) is 4.38. The first kappa shape index (κ1) is 13.4. The Labute approximate surface area is 128 Å². The topological polar surface area (TPSA) is 0 Å². The zero-order valence-electron chi connectivity index (χ0n) is 10.3. The first-order chi connectivity index (χ1) is 8.45. The van der Waals surface area contributed by atoms with E-state index in [2.05, 4.69) is 66.8 Å². The Bertz CT molecular complexity index is 488. The summed E-state index contributed by atoms with van der Waals surface area (Å²) >= 11 is 0. The van der Waals surface area contributed by atoms with Crippen molar-refractivity contribution in [1.29, 1.82) is 0 Å². The van der Waals surface area contributed by atoms with Gasteiger partial charge < -0.3 is 0 Å². The van der Waals surface area contributed by atoms with Crippen molar-refractivity contribution >= 4 is 0 Å². The Balaban J connectivity index is 0.00000120. The maximum absolute atomic E-state index is 2.24. The van der Waals surface area contributed by atoms with E-state index in [0.717, 1.165) is 12.8 Å². The molecule has 1 aromatic rings. The van der Waals surface area contributed by atoms with Gasteiger partial charge in [0.25, 0.3) is 0 Å². The Kier molecular flexibility index (Phi) is 4.60. The van der Waals surface area contributed by atoms with Crippen molar-refractivity contribution in [3.05, 3.63) is 89.4 Å². The van der Waals surface area contributed by atoms with E-state index in [-0.39, 0.29) is 25.8 Å². The van der Waals surface area contributed by atoms with Crippen molar-refractivity contribution in [2.24, 2.45) is 0 Å². The summed E-state index contributed by atoms with van der Waals surface area (Å²) in [5.41, 5.74) is 4.20. The van der Waals surface area contributed by atoms with E-state index < -0.39 is 0 Å². The van der Waals surface area contributed by atoms with Crippen LogP contribution in [0.4, 0.5) is 0 Å². The minimum atomic E-state index is 0. The monoisotopic (exact) mass is 399 g/mol. The maximum atomic E-state index is 2.24. The van der Waals surface area contributed by atoms with Crippen LogP contribution in [0.25, 0.3) is 0 Å². The molecule has 0 heterocycles. The largest absolute Gasteiger partial charge is 0.118 e. The van der Waals surface area contributed by atoms with Crippen LogP contribution in [0.1, 0.15) is 18.4 Å². The van der Waals surface area contributed by atoms with Gasteiger partial charge in [-0.2, -0.15) is 0 Å². The Morgan fingerprint density at radius 2 is 1.33 bits per heavy atom. The van der Waals surface area contributed by atoms with Crippen LogP contribution < -0.4 is 0 Å². The summed E-state index contributed by atoms with van der Waals surface area (Å²) in [5, 5.41) is 0. The van der Waals surface area contributed by atoms with E-state index >= 15 is 0 Å². The molecule has 0 aromatic heterocycles. The minimum absolute atomic E-state index is 0. The van der Waals surface area contributed by atoms with Crippen molar-refractivity contribution in [1.82, 2.24) is 0 Å². The number of hydrogen-bond donors (Lipinski definition) is 0. The van der Waals surface area contributed by atoms with Crippen molar-refractivity contribution in [3.63, 3.8) is 0 Å². The van der Waals surface area contributed by atoms with Crippen LogP contribution in [0.3, 0.4) is 0 Å². The molecule has 0 amide bonds. The Morgan fingerprint density at radius 3 is 1.78 bits per heavy atom. The quantitative estimate of drug-likeness (QED) is 0.524. The number of rotatable bonds is 3. The van der Waals surface area contributed by atoms with Gasteiger partial charge in [0.1, 0.15) is 0 Å². The van der Waals surface area contributed by atoms with Gasteiger partial charge in [-0.05, 0) is 12.8 Å². The molecule has 1 aromatic carbocycles. The van der Waals surface area contributed by atoms with Gasteiger partial charge in [-0.15, -0.1) is 41.0 Å². The van der Waals surface area contributed by atoms with Crippen molar-refractivity contribution in [2.45, 2.75) is 12.8 Å². The summed E-state index contributed by atoms with van der Waals surface area (Å²) in [5.74, 6) is 1.42. The van der Waals surface area contributed by atoms with Crippen LogP contribution in [-0.2, 0) is 25.8 Å². The number of benzene rings is 1. The first-order valence-corrected chi connectivity index (χ1v) is 6.09. The zero-order chi connectivity index (χ0) is 11.5. The molecule has 3 rings (SSSR count). The van der Waals surface area contributed by atoms with Gasteiger partial charge in [-0.3, -0.25) is 0 Å². The van der Waals surface area contributed by atoms with Gasteiger partial charge in [0.05, 0.1) is 0 Å². The van der Waals surface area contributed by atoms with E-state index in [4.69, 9.17) is 0 Å². The summed E-state index contributed by atoms with van der Waals surface area (Å²) in [6.45, 7) is 0. The third kappa shape index (κ3) is 2.67. The SMILES string of the molecule is C1=CCC([C-](C2=CC=CC2)c2ccccc2)=C1.[Hf]. The third-order valence-electron chi connectivity index (χ3n) is 3.25. The second-order valence-electron chi connectivity index (χ2n) is 4.39.